The molecule has 1 aliphatic carbocycles. The van der Waals surface area contributed by atoms with E-state index in [2.05, 4.69) is 43.2 Å². The third kappa shape index (κ3) is 2.86. The maximum atomic E-state index is 9.20. The number of nitrogens with zero attached hydrogens (tertiary/aromatic N) is 1. The molecular formula is C11H12Br2N2S. The quantitative estimate of drug-likeness (QED) is 0.865. The third-order valence-electron chi connectivity index (χ3n) is 2.84. The van der Waals surface area contributed by atoms with Crippen LogP contribution in [-0.4, -0.2) is 6.04 Å². The Morgan fingerprint density at radius 3 is 2.62 bits per heavy atom. The molecular weight excluding hydrogens is 352 g/mol. The minimum Gasteiger partial charge on any atom is -0.295 e. The zero-order valence-electron chi connectivity index (χ0n) is 8.67. The van der Waals surface area contributed by atoms with Crippen molar-refractivity contribution in [3.8, 4) is 6.07 Å². The van der Waals surface area contributed by atoms with Gasteiger partial charge in [0.25, 0.3) is 0 Å². The fraction of sp³-hybridized carbons (Fsp3) is 0.545. The predicted molar refractivity (Wildman–Crippen MR) is 73.5 cm³/mol. The van der Waals surface area contributed by atoms with Gasteiger partial charge < -0.3 is 0 Å². The molecule has 1 N–H and O–H groups in total. The molecule has 0 aromatic carbocycles. The first-order valence-corrected chi connectivity index (χ1v) is 7.71. The summed E-state index contributed by atoms with van der Waals surface area (Å²) in [4.78, 5) is 1.08. The van der Waals surface area contributed by atoms with E-state index < -0.39 is 0 Å². The molecule has 86 valence electrons. The largest absolute Gasteiger partial charge is 0.295 e. The van der Waals surface area contributed by atoms with Crippen molar-refractivity contribution in [2.75, 3.05) is 0 Å². The Morgan fingerprint density at radius 1 is 1.44 bits per heavy atom. The van der Waals surface area contributed by atoms with Crippen LogP contribution in [0.1, 0.15) is 36.6 Å². The summed E-state index contributed by atoms with van der Waals surface area (Å²) in [5.74, 6) is 0. The van der Waals surface area contributed by atoms with E-state index in [0.29, 0.717) is 6.04 Å². The second-order valence-corrected chi connectivity index (χ2v) is 7.24. The van der Waals surface area contributed by atoms with Crippen LogP contribution in [-0.2, 0) is 0 Å². The average molecular weight is 364 g/mol. The lowest BCUT2D eigenvalue weighted by Crippen LogP contribution is -2.29. The van der Waals surface area contributed by atoms with Crippen LogP contribution in [0.5, 0.6) is 0 Å². The van der Waals surface area contributed by atoms with E-state index in [1.54, 1.807) is 11.3 Å². The van der Waals surface area contributed by atoms with Crippen LogP contribution in [0.25, 0.3) is 0 Å². The first-order chi connectivity index (χ1) is 7.70. The maximum absolute atomic E-state index is 9.20. The van der Waals surface area contributed by atoms with Gasteiger partial charge in [-0.1, -0.05) is 12.8 Å². The zero-order valence-corrected chi connectivity index (χ0v) is 12.7. The second-order valence-electron chi connectivity index (χ2n) is 3.98. The van der Waals surface area contributed by atoms with Crippen LogP contribution in [0.3, 0.4) is 0 Å². The molecule has 0 radical (unpaired) electrons. The molecule has 1 aliphatic rings. The number of nitrogens with one attached hydrogen (secondary N) is 1. The lowest BCUT2D eigenvalue weighted by atomic mass is 10.2. The number of hydrogen-bond acceptors (Lipinski definition) is 3. The molecule has 1 fully saturated rings. The van der Waals surface area contributed by atoms with Crippen LogP contribution in [0.2, 0.25) is 0 Å². The fourth-order valence-corrected chi connectivity index (χ4v) is 4.11. The Labute approximate surface area is 116 Å². The number of hydrogen-bond donors (Lipinski definition) is 1. The van der Waals surface area contributed by atoms with Crippen molar-refractivity contribution in [2.24, 2.45) is 0 Å². The van der Waals surface area contributed by atoms with Gasteiger partial charge in [0.05, 0.1) is 9.86 Å². The summed E-state index contributed by atoms with van der Waals surface area (Å²) in [5, 5.41) is 12.6. The topological polar surface area (TPSA) is 35.8 Å². The molecule has 0 spiro atoms. The zero-order chi connectivity index (χ0) is 11.5. The first-order valence-electron chi connectivity index (χ1n) is 5.31. The number of halogens is 2. The Morgan fingerprint density at radius 2 is 2.12 bits per heavy atom. The van der Waals surface area contributed by atoms with Crippen molar-refractivity contribution in [3.05, 3.63) is 19.2 Å². The molecule has 1 unspecified atom stereocenters. The van der Waals surface area contributed by atoms with Gasteiger partial charge in [0.2, 0.25) is 0 Å². The Balaban J connectivity index is 2.07. The standard InChI is InChI=1S/C11H12Br2N2S/c12-8-5-10(16-11(8)13)9(6-14)15-7-3-1-2-4-7/h5,7,9,15H,1-4H2. The molecule has 0 aliphatic heterocycles. The Bertz CT molecular complexity index is 385. The van der Waals surface area contributed by atoms with E-state index in [1.807, 2.05) is 6.07 Å². The molecule has 1 aromatic heterocycles. The van der Waals surface area contributed by atoms with Crippen molar-refractivity contribution in [3.63, 3.8) is 0 Å². The second kappa shape index (κ2) is 5.63. The molecule has 1 heterocycles. The van der Waals surface area contributed by atoms with E-state index >= 15 is 0 Å². The summed E-state index contributed by atoms with van der Waals surface area (Å²) in [6, 6.07) is 4.71. The highest BCUT2D eigenvalue weighted by Crippen LogP contribution is 2.36. The highest BCUT2D eigenvalue weighted by molar-refractivity contribution is 9.13. The summed E-state index contributed by atoms with van der Waals surface area (Å²) in [5.41, 5.74) is 0. The molecule has 1 aromatic rings. The molecule has 0 bridgehead atoms. The van der Waals surface area contributed by atoms with Gasteiger partial charge >= 0.3 is 0 Å². The number of nitriles is 1. The molecule has 1 atom stereocenters. The van der Waals surface area contributed by atoms with Crippen LogP contribution >= 0.6 is 43.2 Å². The Hall–Kier alpha value is 0.110. The van der Waals surface area contributed by atoms with Crippen molar-refractivity contribution in [2.45, 2.75) is 37.8 Å². The molecule has 1 saturated carbocycles. The maximum Gasteiger partial charge on any atom is 0.130 e. The van der Waals surface area contributed by atoms with E-state index in [4.69, 9.17) is 0 Å². The molecule has 5 heteroatoms. The van der Waals surface area contributed by atoms with Gasteiger partial charge in [0.15, 0.2) is 0 Å². The minimum atomic E-state index is -0.171. The smallest absolute Gasteiger partial charge is 0.130 e. The lowest BCUT2D eigenvalue weighted by molar-refractivity contribution is 0.496. The first kappa shape index (κ1) is 12.6. The van der Waals surface area contributed by atoms with Gasteiger partial charge in [0.1, 0.15) is 6.04 Å². The van der Waals surface area contributed by atoms with E-state index in [9.17, 15) is 5.26 Å². The normalized spacial score (nSPS) is 18.6. The summed E-state index contributed by atoms with van der Waals surface area (Å²) in [7, 11) is 0. The molecule has 0 amide bonds. The fourth-order valence-electron chi connectivity index (χ4n) is 2.02. The van der Waals surface area contributed by atoms with Crippen molar-refractivity contribution >= 4 is 43.2 Å². The molecule has 2 nitrogen and oxygen atoms in total. The molecule has 16 heavy (non-hydrogen) atoms. The average Bonchev–Trinajstić information content (AvgIpc) is 2.86. The van der Waals surface area contributed by atoms with Crippen LogP contribution in [0, 0.1) is 11.3 Å². The van der Waals surface area contributed by atoms with Crippen molar-refractivity contribution < 1.29 is 0 Å². The van der Waals surface area contributed by atoms with Gasteiger partial charge in [0, 0.05) is 15.4 Å². The van der Waals surface area contributed by atoms with E-state index in [0.717, 1.165) is 13.1 Å². The van der Waals surface area contributed by atoms with Gasteiger partial charge in [-0.3, -0.25) is 5.32 Å². The number of thiophene rings is 1. The monoisotopic (exact) mass is 362 g/mol. The predicted octanol–water partition coefficient (Wildman–Crippen LogP) is 4.37. The van der Waals surface area contributed by atoms with Crippen molar-refractivity contribution in [1.82, 2.24) is 5.32 Å². The highest BCUT2D eigenvalue weighted by atomic mass is 79.9. The van der Waals surface area contributed by atoms with Gasteiger partial charge in [-0.15, -0.1) is 11.3 Å². The summed E-state index contributed by atoms with van der Waals surface area (Å²) in [6.45, 7) is 0. The summed E-state index contributed by atoms with van der Waals surface area (Å²) >= 11 is 8.53. The van der Waals surface area contributed by atoms with Crippen molar-refractivity contribution in [1.29, 1.82) is 5.26 Å². The van der Waals surface area contributed by atoms with Gasteiger partial charge in [-0.25, -0.2) is 0 Å². The molecule has 2 rings (SSSR count). The van der Waals surface area contributed by atoms with E-state index in [1.165, 1.54) is 25.7 Å². The van der Waals surface area contributed by atoms with Gasteiger partial charge in [-0.05, 0) is 50.8 Å². The van der Waals surface area contributed by atoms with E-state index in [-0.39, 0.29) is 6.04 Å². The summed E-state index contributed by atoms with van der Waals surface area (Å²) < 4.78 is 2.08. The molecule has 0 saturated heterocycles. The SMILES string of the molecule is N#CC(NC1CCCC1)c1cc(Br)c(Br)s1. The minimum absolute atomic E-state index is 0.171. The summed E-state index contributed by atoms with van der Waals surface area (Å²) in [6.07, 6.45) is 4.97. The van der Waals surface area contributed by atoms with Crippen LogP contribution in [0.4, 0.5) is 0 Å². The lowest BCUT2D eigenvalue weighted by Gasteiger charge is -2.15. The number of rotatable bonds is 3. The van der Waals surface area contributed by atoms with Crippen LogP contribution < -0.4 is 5.32 Å². The van der Waals surface area contributed by atoms with Crippen LogP contribution in [0.15, 0.2) is 14.3 Å². The Kier molecular flexibility index (Phi) is 4.42. The van der Waals surface area contributed by atoms with Gasteiger partial charge in [-0.2, -0.15) is 5.26 Å². The highest BCUT2D eigenvalue weighted by Gasteiger charge is 2.21. The third-order valence-corrected chi connectivity index (χ3v) is 6.16.